The van der Waals surface area contributed by atoms with Gasteiger partial charge in [0, 0.05) is 38.6 Å². The fourth-order valence-corrected chi connectivity index (χ4v) is 6.63. The zero-order chi connectivity index (χ0) is 24.5. The van der Waals surface area contributed by atoms with Crippen molar-refractivity contribution in [3.05, 3.63) is 0 Å². The molecule has 7 heteroatoms. The van der Waals surface area contributed by atoms with E-state index >= 15 is 0 Å². The van der Waals surface area contributed by atoms with Crippen molar-refractivity contribution >= 4 is 11.9 Å². The van der Waals surface area contributed by atoms with Crippen LogP contribution >= 0.6 is 0 Å². The minimum Gasteiger partial charge on any atom is -0.341 e. The van der Waals surface area contributed by atoms with E-state index in [9.17, 15) is 9.59 Å². The Bertz CT molecular complexity index is 575. The second kappa shape index (κ2) is 13.7. The van der Waals surface area contributed by atoms with Gasteiger partial charge in [0.1, 0.15) is 0 Å². The molecule has 4 heterocycles. The molecule has 0 saturated carbocycles. The molecule has 7 nitrogen and oxygen atoms in total. The van der Waals surface area contributed by atoms with Gasteiger partial charge in [-0.05, 0) is 116 Å². The van der Waals surface area contributed by atoms with Crippen molar-refractivity contribution in [1.82, 2.24) is 24.9 Å². The average molecular weight is 478 g/mol. The predicted molar refractivity (Wildman–Crippen MR) is 139 cm³/mol. The first kappa shape index (κ1) is 27.3. The molecule has 4 saturated heterocycles. The largest absolute Gasteiger partial charge is 0.341 e. The molecule has 0 radical (unpaired) electrons. The molecule has 1 N–H and O–H groups in total. The van der Waals surface area contributed by atoms with Gasteiger partial charge in [-0.2, -0.15) is 0 Å². The van der Waals surface area contributed by atoms with Gasteiger partial charge in [0.2, 0.25) is 5.91 Å². The maximum atomic E-state index is 12.0. The van der Waals surface area contributed by atoms with E-state index in [4.69, 9.17) is 0 Å². The third kappa shape index (κ3) is 7.33. The van der Waals surface area contributed by atoms with Gasteiger partial charge in [-0.25, -0.2) is 4.79 Å². The summed E-state index contributed by atoms with van der Waals surface area (Å²) in [4.78, 5) is 33.0. The average Bonchev–Trinajstić information content (AvgIpc) is 2.89. The van der Waals surface area contributed by atoms with E-state index in [1.54, 1.807) is 7.05 Å². The fraction of sp³-hybridized carbons (Fsp3) is 0.926. The Morgan fingerprint density at radius 3 is 1.56 bits per heavy atom. The van der Waals surface area contributed by atoms with Gasteiger partial charge in [-0.1, -0.05) is 6.92 Å². The molecule has 0 bridgehead atoms. The van der Waals surface area contributed by atoms with Crippen molar-refractivity contribution in [2.75, 3.05) is 60.4 Å². The molecule has 3 amide bonds. The molecule has 2 unspecified atom stereocenters. The number of amides is 3. The van der Waals surface area contributed by atoms with Gasteiger partial charge < -0.3 is 24.9 Å². The lowest BCUT2D eigenvalue weighted by Crippen LogP contribution is -2.52. The van der Waals surface area contributed by atoms with Gasteiger partial charge in [-0.15, -0.1) is 0 Å². The van der Waals surface area contributed by atoms with Gasteiger partial charge in [0.05, 0.1) is 0 Å². The van der Waals surface area contributed by atoms with Crippen LogP contribution in [-0.2, 0) is 4.79 Å². The molecule has 0 aromatic heterocycles. The topological polar surface area (TPSA) is 59.1 Å². The quantitative estimate of drug-likeness (QED) is 0.674. The summed E-state index contributed by atoms with van der Waals surface area (Å²) in [6, 6.07) is 1.15. The molecule has 0 spiro atoms. The maximum absolute atomic E-state index is 12.0. The standard InChI is InChI=1S/C14H26N2O.C13H25N3O/c1-3-14(17)16-9-5-4-6-13(16)12-7-10-15(2)11-8-12;1-14-13(17)16-8-4-3-5-12(16)11-6-9-15(2)10-7-11/h12-13H,3-11H2,1-2H3;11-12H,3-10H2,1-2H3,(H,14,17). The van der Waals surface area contributed by atoms with Crippen LogP contribution in [0, 0.1) is 11.8 Å². The van der Waals surface area contributed by atoms with Crippen LogP contribution in [0.2, 0.25) is 0 Å². The van der Waals surface area contributed by atoms with E-state index in [0.717, 1.165) is 25.4 Å². The lowest BCUT2D eigenvalue weighted by molar-refractivity contribution is -0.136. The van der Waals surface area contributed by atoms with Crippen molar-refractivity contribution in [3.63, 3.8) is 0 Å². The highest BCUT2D eigenvalue weighted by Gasteiger charge is 2.34. The highest BCUT2D eigenvalue weighted by atomic mass is 16.2. The Morgan fingerprint density at radius 1 is 0.676 bits per heavy atom. The van der Waals surface area contributed by atoms with Gasteiger partial charge >= 0.3 is 6.03 Å². The number of urea groups is 1. The summed E-state index contributed by atoms with van der Waals surface area (Å²) >= 11 is 0. The predicted octanol–water partition coefficient (Wildman–Crippen LogP) is 3.64. The molecule has 4 rings (SSSR count). The number of carbonyl (C=O) groups excluding carboxylic acids is 2. The summed E-state index contributed by atoms with van der Waals surface area (Å²) in [5.41, 5.74) is 0. The highest BCUT2D eigenvalue weighted by Crippen LogP contribution is 2.31. The molecule has 0 aromatic carbocycles. The number of likely N-dealkylation sites (tertiary alicyclic amines) is 4. The van der Waals surface area contributed by atoms with E-state index in [0.29, 0.717) is 30.3 Å². The van der Waals surface area contributed by atoms with Crippen LogP contribution in [0.15, 0.2) is 0 Å². The summed E-state index contributed by atoms with van der Waals surface area (Å²) in [6.07, 6.45) is 13.1. The van der Waals surface area contributed by atoms with Crippen LogP contribution in [0.1, 0.15) is 77.6 Å². The monoisotopic (exact) mass is 477 g/mol. The Labute approximate surface area is 208 Å². The number of carbonyl (C=O) groups is 2. The van der Waals surface area contributed by atoms with Crippen molar-refractivity contribution in [2.24, 2.45) is 11.8 Å². The first-order valence-corrected chi connectivity index (χ1v) is 14.1. The van der Waals surface area contributed by atoms with Gasteiger partial charge in [-0.3, -0.25) is 4.79 Å². The Kier molecular flexibility index (Phi) is 11.0. The number of rotatable bonds is 3. The maximum Gasteiger partial charge on any atom is 0.317 e. The Balaban J connectivity index is 0.000000191. The van der Waals surface area contributed by atoms with E-state index in [-0.39, 0.29) is 6.03 Å². The lowest BCUT2D eigenvalue weighted by Gasteiger charge is -2.43. The molecule has 34 heavy (non-hydrogen) atoms. The van der Waals surface area contributed by atoms with E-state index in [1.165, 1.54) is 84.0 Å². The highest BCUT2D eigenvalue weighted by molar-refractivity contribution is 5.76. The number of hydrogen-bond donors (Lipinski definition) is 1. The van der Waals surface area contributed by atoms with Gasteiger partial charge in [0.25, 0.3) is 0 Å². The third-order valence-corrected chi connectivity index (χ3v) is 8.81. The molecule has 0 aliphatic carbocycles. The van der Waals surface area contributed by atoms with E-state index in [2.05, 4.69) is 39.0 Å². The first-order chi connectivity index (χ1) is 16.4. The zero-order valence-electron chi connectivity index (χ0n) is 22.4. The fourth-order valence-electron chi connectivity index (χ4n) is 6.63. The van der Waals surface area contributed by atoms with Crippen LogP contribution in [0.5, 0.6) is 0 Å². The molecule has 4 fully saturated rings. The van der Waals surface area contributed by atoms with Crippen LogP contribution in [0.25, 0.3) is 0 Å². The van der Waals surface area contributed by atoms with Crippen molar-refractivity contribution in [1.29, 1.82) is 0 Å². The first-order valence-electron chi connectivity index (χ1n) is 14.1. The van der Waals surface area contributed by atoms with E-state index in [1.807, 2.05) is 6.92 Å². The molecule has 196 valence electrons. The van der Waals surface area contributed by atoms with Crippen LogP contribution in [0.3, 0.4) is 0 Å². The summed E-state index contributed by atoms with van der Waals surface area (Å²) < 4.78 is 0. The molecule has 4 aliphatic rings. The summed E-state index contributed by atoms with van der Waals surface area (Å²) in [7, 11) is 6.13. The molecular weight excluding hydrogens is 426 g/mol. The van der Waals surface area contributed by atoms with E-state index < -0.39 is 0 Å². The number of hydrogen-bond acceptors (Lipinski definition) is 4. The zero-order valence-corrected chi connectivity index (χ0v) is 22.4. The second-order valence-corrected chi connectivity index (χ2v) is 11.1. The van der Waals surface area contributed by atoms with Crippen molar-refractivity contribution in [3.8, 4) is 0 Å². The summed E-state index contributed by atoms with van der Waals surface area (Å²) in [5.74, 6) is 1.83. The van der Waals surface area contributed by atoms with Crippen molar-refractivity contribution in [2.45, 2.75) is 89.6 Å². The lowest BCUT2D eigenvalue weighted by atomic mass is 9.83. The second-order valence-electron chi connectivity index (χ2n) is 11.1. The third-order valence-electron chi connectivity index (χ3n) is 8.81. The molecule has 4 aliphatic heterocycles. The molecule has 2 atom stereocenters. The minimum absolute atomic E-state index is 0.119. The SMILES string of the molecule is CCC(=O)N1CCCCC1C1CCN(C)CC1.CNC(=O)N1CCCCC1C1CCN(C)CC1. The van der Waals surface area contributed by atoms with Crippen LogP contribution in [0.4, 0.5) is 4.79 Å². The minimum atomic E-state index is 0.119. The summed E-state index contributed by atoms with van der Waals surface area (Å²) in [5, 5.41) is 2.79. The van der Waals surface area contributed by atoms with Crippen LogP contribution < -0.4 is 5.32 Å². The smallest absolute Gasteiger partial charge is 0.317 e. The van der Waals surface area contributed by atoms with Gasteiger partial charge in [0.15, 0.2) is 0 Å². The van der Waals surface area contributed by atoms with Crippen molar-refractivity contribution < 1.29 is 9.59 Å². The molecule has 0 aromatic rings. The number of nitrogens with one attached hydrogen (secondary N) is 1. The Morgan fingerprint density at radius 2 is 1.12 bits per heavy atom. The number of piperidine rings is 4. The van der Waals surface area contributed by atoms with Crippen LogP contribution in [-0.4, -0.2) is 104 Å². The normalized spacial score (nSPS) is 28.2. The number of nitrogens with zero attached hydrogens (tertiary/aromatic N) is 4. The molecular formula is C27H51N5O2. The Hall–Kier alpha value is -1.34. The summed E-state index contributed by atoms with van der Waals surface area (Å²) in [6.45, 7) is 8.71.